The van der Waals surface area contributed by atoms with Crippen LogP contribution in [0.2, 0.25) is 0 Å². The first-order chi connectivity index (χ1) is 5.35. The van der Waals surface area contributed by atoms with Gasteiger partial charge in [-0.05, 0) is 24.7 Å². The predicted molar refractivity (Wildman–Crippen MR) is 44.4 cm³/mol. The van der Waals surface area contributed by atoms with Crippen LogP contribution >= 0.6 is 0 Å². The molecule has 11 heavy (non-hydrogen) atoms. The van der Waals surface area contributed by atoms with Crippen LogP contribution in [-0.2, 0) is 0 Å². The minimum atomic E-state index is 0.321. The van der Waals surface area contributed by atoms with Gasteiger partial charge in [-0.1, -0.05) is 12.8 Å². The fraction of sp³-hybridized carbons (Fsp3) is 1.00. The molecule has 0 amide bonds. The molecule has 1 aliphatic heterocycles. The van der Waals surface area contributed by atoms with Crippen LogP contribution in [0.25, 0.3) is 0 Å². The lowest BCUT2D eigenvalue weighted by Gasteiger charge is -2.20. The van der Waals surface area contributed by atoms with Crippen LogP contribution in [0, 0.1) is 5.41 Å². The van der Waals surface area contributed by atoms with Gasteiger partial charge in [0.15, 0.2) is 0 Å². The molecule has 0 bridgehead atoms. The SMILES string of the molecule is OC[C@@H]1CC2(CCCC2)CN1. The number of aliphatic hydroxyl groups excluding tert-OH is 1. The van der Waals surface area contributed by atoms with E-state index in [1.165, 1.54) is 32.1 Å². The zero-order valence-electron chi connectivity index (χ0n) is 6.97. The second-order valence-electron chi connectivity index (χ2n) is 4.17. The van der Waals surface area contributed by atoms with E-state index in [4.69, 9.17) is 5.11 Å². The smallest absolute Gasteiger partial charge is 0.0584 e. The normalized spacial score (nSPS) is 35.2. The number of hydrogen-bond acceptors (Lipinski definition) is 2. The Labute approximate surface area is 68.0 Å². The van der Waals surface area contributed by atoms with Crippen molar-refractivity contribution in [2.75, 3.05) is 13.2 Å². The number of hydrogen-bond donors (Lipinski definition) is 2. The van der Waals surface area contributed by atoms with Crippen LogP contribution in [0.5, 0.6) is 0 Å². The van der Waals surface area contributed by atoms with Crippen molar-refractivity contribution in [1.82, 2.24) is 5.32 Å². The van der Waals surface area contributed by atoms with Crippen LogP contribution in [-0.4, -0.2) is 24.3 Å². The summed E-state index contributed by atoms with van der Waals surface area (Å²) < 4.78 is 0. The number of rotatable bonds is 1. The van der Waals surface area contributed by atoms with Gasteiger partial charge in [0.25, 0.3) is 0 Å². The third-order valence-electron chi connectivity index (χ3n) is 3.33. The van der Waals surface area contributed by atoms with Gasteiger partial charge in [-0.25, -0.2) is 0 Å². The average Bonchev–Trinajstić information content (AvgIpc) is 2.62. The fourth-order valence-electron chi connectivity index (χ4n) is 2.66. The lowest BCUT2D eigenvalue weighted by molar-refractivity contribution is 0.241. The van der Waals surface area contributed by atoms with Gasteiger partial charge in [-0.2, -0.15) is 0 Å². The molecule has 1 heterocycles. The van der Waals surface area contributed by atoms with E-state index >= 15 is 0 Å². The van der Waals surface area contributed by atoms with Gasteiger partial charge in [-0.3, -0.25) is 0 Å². The van der Waals surface area contributed by atoms with Gasteiger partial charge < -0.3 is 10.4 Å². The molecule has 0 aromatic carbocycles. The van der Waals surface area contributed by atoms with Gasteiger partial charge in [0, 0.05) is 12.6 Å². The fourth-order valence-corrected chi connectivity index (χ4v) is 2.66. The Morgan fingerprint density at radius 2 is 2.09 bits per heavy atom. The first-order valence-corrected chi connectivity index (χ1v) is 4.69. The van der Waals surface area contributed by atoms with Crippen LogP contribution in [0.1, 0.15) is 32.1 Å². The number of aliphatic hydroxyl groups is 1. The monoisotopic (exact) mass is 155 g/mol. The molecule has 2 fully saturated rings. The van der Waals surface area contributed by atoms with Crippen molar-refractivity contribution in [3.8, 4) is 0 Å². The zero-order chi connectivity index (χ0) is 7.73. The second kappa shape index (κ2) is 2.76. The van der Waals surface area contributed by atoms with Gasteiger partial charge in [-0.15, -0.1) is 0 Å². The molecule has 2 N–H and O–H groups in total. The summed E-state index contributed by atoms with van der Waals surface area (Å²) in [5.41, 5.74) is 0.591. The lowest BCUT2D eigenvalue weighted by Crippen LogP contribution is -2.25. The summed E-state index contributed by atoms with van der Waals surface area (Å²) in [5, 5.41) is 12.3. The summed E-state index contributed by atoms with van der Waals surface area (Å²) in [6.07, 6.45) is 6.79. The molecule has 1 aliphatic carbocycles. The average molecular weight is 155 g/mol. The van der Waals surface area contributed by atoms with E-state index < -0.39 is 0 Å². The molecule has 1 saturated heterocycles. The minimum Gasteiger partial charge on any atom is -0.395 e. The van der Waals surface area contributed by atoms with E-state index in [2.05, 4.69) is 5.32 Å². The Kier molecular flexibility index (Phi) is 1.90. The molecule has 2 rings (SSSR count). The van der Waals surface area contributed by atoms with Crippen LogP contribution in [0.4, 0.5) is 0 Å². The van der Waals surface area contributed by atoms with E-state index in [9.17, 15) is 0 Å². The highest BCUT2D eigenvalue weighted by atomic mass is 16.3. The Hall–Kier alpha value is -0.0800. The molecule has 0 aromatic rings. The lowest BCUT2D eigenvalue weighted by atomic mass is 9.84. The van der Waals surface area contributed by atoms with Crippen molar-refractivity contribution in [3.63, 3.8) is 0 Å². The molecule has 2 heteroatoms. The highest BCUT2D eigenvalue weighted by Gasteiger charge is 2.40. The topological polar surface area (TPSA) is 32.3 Å². The van der Waals surface area contributed by atoms with Gasteiger partial charge in [0.2, 0.25) is 0 Å². The molecule has 0 radical (unpaired) electrons. The highest BCUT2D eigenvalue weighted by molar-refractivity contribution is 4.95. The van der Waals surface area contributed by atoms with Crippen molar-refractivity contribution in [2.45, 2.75) is 38.1 Å². The molecule has 1 atom stereocenters. The molecule has 0 unspecified atom stereocenters. The standard InChI is InChI=1S/C9H17NO/c11-6-8-5-9(7-10-8)3-1-2-4-9/h8,10-11H,1-7H2/t8-/m0/s1. The summed E-state index contributed by atoms with van der Waals surface area (Å²) in [6.45, 7) is 1.47. The zero-order valence-corrected chi connectivity index (χ0v) is 6.97. The molecule has 1 spiro atoms. The number of nitrogens with one attached hydrogen (secondary N) is 1. The van der Waals surface area contributed by atoms with E-state index in [-0.39, 0.29) is 0 Å². The van der Waals surface area contributed by atoms with Crippen molar-refractivity contribution in [3.05, 3.63) is 0 Å². The highest BCUT2D eigenvalue weighted by Crippen LogP contribution is 2.44. The van der Waals surface area contributed by atoms with Crippen molar-refractivity contribution < 1.29 is 5.11 Å². The minimum absolute atomic E-state index is 0.321. The van der Waals surface area contributed by atoms with E-state index in [0.717, 1.165) is 6.54 Å². The quantitative estimate of drug-likeness (QED) is 0.589. The van der Waals surface area contributed by atoms with Gasteiger partial charge in [0.1, 0.15) is 0 Å². The first kappa shape index (κ1) is 7.56. The molecule has 2 aliphatic rings. The maximum Gasteiger partial charge on any atom is 0.0584 e. The van der Waals surface area contributed by atoms with E-state index in [0.29, 0.717) is 18.1 Å². The third kappa shape index (κ3) is 1.30. The first-order valence-electron chi connectivity index (χ1n) is 4.69. The molecule has 0 aromatic heterocycles. The van der Waals surface area contributed by atoms with Crippen molar-refractivity contribution >= 4 is 0 Å². The van der Waals surface area contributed by atoms with Crippen molar-refractivity contribution in [1.29, 1.82) is 0 Å². The summed E-state index contributed by atoms with van der Waals surface area (Å²) in [5.74, 6) is 0. The Morgan fingerprint density at radius 3 is 2.64 bits per heavy atom. The molecule has 2 nitrogen and oxygen atoms in total. The largest absolute Gasteiger partial charge is 0.395 e. The van der Waals surface area contributed by atoms with E-state index in [1.54, 1.807) is 0 Å². The summed E-state index contributed by atoms with van der Waals surface area (Å²) in [4.78, 5) is 0. The summed E-state index contributed by atoms with van der Waals surface area (Å²) >= 11 is 0. The molecular weight excluding hydrogens is 138 g/mol. The Morgan fingerprint density at radius 1 is 1.36 bits per heavy atom. The summed E-state index contributed by atoms with van der Waals surface area (Å²) in [6, 6.07) is 0.396. The molecule has 64 valence electrons. The Bertz CT molecular complexity index is 140. The van der Waals surface area contributed by atoms with Crippen LogP contribution in [0.3, 0.4) is 0 Å². The van der Waals surface area contributed by atoms with Gasteiger partial charge in [0.05, 0.1) is 6.61 Å². The van der Waals surface area contributed by atoms with Crippen LogP contribution in [0.15, 0.2) is 0 Å². The van der Waals surface area contributed by atoms with E-state index in [1.807, 2.05) is 0 Å². The predicted octanol–water partition coefficient (Wildman–Crippen LogP) is 0.901. The Balaban J connectivity index is 1.96. The molecular formula is C9H17NO. The van der Waals surface area contributed by atoms with Gasteiger partial charge >= 0.3 is 0 Å². The third-order valence-corrected chi connectivity index (χ3v) is 3.33. The maximum absolute atomic E-state index is 8.95. The molecule has 1 saturated carbocycles. The summed E-state index contributed by atoms with van der Waals surface area (Å²) in [7, 11) is 0. The second-order valence-corrected chi connectivity index (χ2v) is 4.17. The van der Waals surface area contributed by atoms with Crippen molar-refractivity contribution in [2.24, 2.45) is 5.41 Å². The maximum atomic E-state index is 8.95. The van der Waals surface area contributed by atoms with Crippen LogP contribution < -0.4 is 5.32 Å².